The van der Waals surface area contributed by atoms with Crippen LogP contribution in [0.15, 0.2) is 48.5 Å². The molecular weight excluding hydrogens is 222 g/mol. The Morgan fingerprint density at radius 3 is 2.33 bits per heavy atom. The monoisotopic (exact) mass is 237 g/mol. The topological polar surface area (TPSA) is 33.0 Å². The fraction of sp³-hybridized carbons (Fsp3) is 0.188. The van der Waals surface area contributed by atoms with E-state index >= 15 is 0 Å². The van der Waals surface area contributed by atoms with Crippen LogP contribution in [0.1, 0.15) is 19.4 Å². The van der Waals surface area contributed by atoms with Gasteiger partial charge in [0, 0.05) is 0 Å². The molecule has 0 spiro atoms. The van der Waals surface area contributed by atoms with Crippen molar-refractivity contribution in [2.24, 2.45) is 0 Å². The first kappa shape index (κ1) is 12.2. The molecule has 2 heteroatoms. The molecule has 0 fully saturated rings. The van der Waals surface area contributed by atoms with Crippen LogP contribution in [0.3, 0.4) is 0 Å². The second kappa shape index (κ2) is 5.37. The average molecular weight is 237 g/mol. The summed E-state index contributed by atoms with van der Waals surface area (Å²) in [5.41, 5.74) is 2.71. The van der Waals surface area contributed by atoms with Crippen LogP contribution in [0.2, 0.25) is 0 Å². The lowest BCUT2D eigenvalue weighted by atomic mass is 10.0. The smallest absolute Gasteiger partial charge is 0.137 e. The Balaban J connectivity index is 2.40. The van der Waals surface area contributed by atoms with Crippen LogP contribution in [-0.4, -0.2) is 6.10 Å². The highest BCUT2D eigenvalue weighted by molar-refractivity contribution is 5.67. The van der Waals surface area contributed by atoms with E-state index in [1.165, 1.54) is 0 Å². The maximum absolute atomic E-state index is 9.17. The van der Waals surface area contributed by atoms with Gasteiger partial charge in [-0.15, -0.1) is 0 Å². The van der Waals surface area contributed by atoms with Gasteiger partial charge >= 0.3 is 0 Å². The van der Waals surface area contributed by atoms with Gasteiger partial charge in [-0.05, 0) is 37.1 Å². The summed E-state index contributed by atoms with van der Waals surface area (Å²) in [7, 11) is 0. The van der Waals surface area contributed by atoms with E-state index in [2.05, 4.69) is 6.07 Å². The summed E-state index contributed by atoms with van der Waals surface area (Å²) in [5, 5.41) is 9.17. The minimum atomic E-state index is 0.0691. The van der Waals surface area contributed by atoms with Gasteiger partial charge in [-0.1, -0.05) is 36.4 Å². The molecule has 0 aliphatic heterocycles. The minimum absolute atomic E-state index is 0.0691. The molecule has 0 N–H and O–H groups in total. The quantitative estimate of drug-likeness (QED) is 0.808. The summed E-state index contributed by atoms with van der Waals surface area (Å²) in [5.74, 6) is 0.646. The van der Waals surface area contributed by atoms with Crippen molar-refractivity contribution in [1.82, 2.24) is 0 Å². The third kappa shape index (κ3) is 2.70. The standard InChI is InChI=1S/C16H15NO/c1-12(2)18-16-9-8-14(10-15(16)11-17)13-6-4-3-5-7-13/h3-10,12H,1-2H3. The Kier molecular flexibility index (Phi) is 3.64. The van der Waals surface area contributed by atoms with Gasteiger partial charge in [-0.2, -0.15) is 5.26 Å². The van der Waals surface area contributed by atoms with Gasteiger partial charge in [-0.3, -0.25) is 0 Å². The molecule has 0 saturated carbocycles. The van der Waals surface area contributed by atoms with Crippen molar-refractivity contribution < 1.29 is 4.74 Å². The SMILES string of the molecule is CC(C)Oc1ccc(-c2ccccc2)cc1C#N. The van der Waals surface area contributed by atoms with Crippen molar-refractivity contribution >= 4 is 0 Å². The van der Waals surface area contributed by atoms with Crippen molar-refractivity contribution in [2.45, 2.75) is 20.0 Å². The molecule has 90 valence electrons. The van der Waals surface area contributed by atoms with Crippen LogP contribution in [-0.2, 0) is 0 Å². The van der Waals surface area contributed by atoms with Gasteiger partial charge in [0.2, 0.25) is 0 Å². The predicted molar refractivity (Wildman–Crippen MR) is 72.4 cm³/mol. The fourth-order valence-electron chi connectivity index (χ4n) is 1.78. The molecule has 18 heavy (non-hydrogen) atoms. The molecule has 0 unspecified atom stereocenters. The number of nitrogens with zero attached hydrogens (tertiary/aromatic N) is 1. The van der Waals surface area contributed by atoms with Gasteiger partial charge in [0.25, 0.3) is 0 Å². The zero-order chi connectivity index (χ0) is 13.0. The van der Waals surface area contributed by atoms with Gasteiger partial charge in [0.15, 0.2) is 0 Å². The maximum Gasteiger partial charge on any atom is 0.137 e. The van der Waals surface area contributed by atoms with Gasteiger partial charge < -0.3 is 4.74 Å². The van der Waals surface area contributed by atoms with E-state index in [1.807, 2.05) is 62.4 Å². The summed E-state index contributed by atoms with van der Waals surface area (Å²) >= 11 is 0. The number of ether oxygens (including phenoxy) is 1. The van der Waals surface area contributed by atoms with Gasteiger partial charge in [0.05, 0.1) is 11.7 Å². The lowest BCUT2D eigenvalue weighted by Crippen LogP contribution is -2.06. The predicted octanol–water partition coefficient (Wildman–Crippen LogP) is 4.01. The lowest BCUT2D eigenvalue weighted by molar-refractivity contribution is 0.242. The number of hydrogen-bond donors (Lipinski definition) is 0. The Morgan fingerprint density at radius 1 is 1.00 bits per heavy atom. The van der Waals surface area contributed by atoms with Gasteiger partial charge in [0.1, 0.15) is 11.8 Å². The summed E-state index contributed by atoms with van der Waals surface area (Å²) in [6, 6.07) is 17.9. The van der Waals surface area contributed by atoms with Crippen LogP contribution < -0.4 is 4.74 Å². The van der Waals surface area contributed by atoms with E-state index in [4.69, 9.17) is 4.74 Å². The number of benzene rings is 2. The molecule has 0 bridgehead atoms. The van der Waals surface area contributed by atoms with Crippen LogP contribution in [0, 0.1) is 11.3 Å². The van der Waals surface area contributed by atoms with E-state index in [-0.39, 0.29) is 6.10 Å². The van der Waals surface area contributed by atoms with Crippen molar-refractivity contribution in [3.8, 4) is 22.9 Å². The van der Waals surface area contributed by atoms with Crippen molar-refractivity contribution in [1.29, 1.82) is 5.26 Å². The Hall–Kier alpha value is -2.27. The zero-order valence-corrected chi connectivity index (χ0v) is 10.6. The molecule has 0 heterocycles. The zero-order valence-electron chi connectivity index (χ0n) is 10.6. The van der Waals surface area contributed by atoms with E-state index in [0.717, 1.165) is 11.1 Å². The second-order valence-corrected chi connectivity index (χ2v) is 4.36. The molecule has 2 nitrogen and oxygen atoms in total. The first-order chi connectivity index (χ1) is 8.70. The van der Waals surface area contributed by atoms with Crippen LogP contribution in [0.4, 0.5) is 0 Å². The van der Waals surface area contributed by atoms with Crippen molar-refractivity contribution in [2.75, 3.05) is 0 Å². The summed E-state index contributed by atoms with van der Waals surface area (Å²) in [6.07, 6.45) is 0.0691. The summed E-state index contributed by atoms with van der Waals surface area (Å²) in [4.78, 5) is 0. The molecule has 2 aromatic rings. The first-order valence-corrected chi connectivity index (χ1v) is 5.97. The first-order valence-electron chi connectivity index (χ1n) is 5.97. The lowest BCUT2D eigenvalue weighted by Gasteiger charge is -2.12. The maximum atomic E-state index is 9.17. The Labute approximate surface area is 107 Å². The van der Waals surface area contributed by atoms with E-state index in [0.29, 0.717) is 11.3 Å². The van der Waals surface area contributed by atoms with Crippen molar-refractivity contribution in [3.63, 3.8) is 0 Å². The molecular formula is C16H15NO. The molecule has 0 radical (unpaired) electrons. The Bertz CT molecular complexity index is 567. The van der Waals surface area contributed by atoms with E-state index in [1.54, 1.807) is 0 Å². The van der Waals surface area contributed by atoms with Crippen LogP contribution >= 0.6 is 0 Å². The van der Waals surface area contributed by atoms with Crippen LogP contribution in [0.5, 0.6) is 5.75 Å². The highest BCUT2D eigenvalue weighted by Crippen LogP contribution is 2.26. The molecule has 2 aromatic carbocycles. The van der Waals surface area contributed by atoms with E-state index < -0.39 is 0 Å². The molecule has 0 aromatic heterocycles. The summed E-state index contributed by atoms with van der Waals surface area (Å²) in [6.45, 7) is 3.90. The number of rotatable bonds is 3. The molecule has 0 aliphatic carbocycles. The Morgan fingerprint density at radius 2 is 1.72 bits per heavy atom. The minimum Gasteiger partial charge on any atom is -0.490 e. The number of nitriles is 1. The molecule has 0 amide bonds. The largest absolute Gasteiger partial charge is 0.490 e. The highest BCUT2D eigenvalue weighted by Gasteiger charge is 2.07. The normalized spacial score (nSPS) is 10.1. The van der Waals surface area contributed by atoms with Crippen LogP contribution in [0.25, 0.3) is 11.1 Å². The molecule has 0 aliphatic rings. The molecule has 2 rings (SSSR count). The number of hydrogen-bond acceptors (Lipinski definition) is 2. The van der Waals surface area contributed by atoms with Gasteiger partial charge in [-0.25, -0.2) is 0 Å². The molecule has 0 saturated heterocycles. The average Bonchev–Trinajstić information content (AvgIpc) is 2.39. The molecule has 0 atom stereocenters. The van der Waals surface area contributed by atoms with Crippen molar-refractivity contribution in [3.05, 3.63) is 54.1 Å². The third-order valence-electron chi connectivity index (χ3n) is 2.57. The van der Waals surface area contributed by atoms with E-state index in [9.17, 15) is 5.26 Å². The highest BCUT2D eigenvalue weighted by atomic mass is 16.5. The fourth-order valence-corrected chi connectivity index (χ4v) is 1.78. The summed E-state index contributed by atoms with van der Waals surface area (Å²) < 4.78 is 5.60. The third-order valence-corrected chi connectivity index (χ3v) is 2.57. The second-order valence-electron chi connectivity index (χ2n) is 4.36.